The zero-order valence-electron chi connectivity index (χ0n) is 13.8. The average Bonchev–Trinajstić information content (AvgIpc) is 2.97. The summed E-state index contributed by atoms with van der Waals surface area (Å²) in [5, 5.41) is 1.14. The molecule has 1 aromatic heterocycles. The van der Waals surface area contributed by atoms with Gasteiger partial charge < -0.3 is 14.0 Å². The summed E-state index contributed by atoms with van der Waals surface area (Å²) in [5.41, 5.74) is 3.03. The lowest BCUT2D eigenvalue weighted by atomic mass is 10.1. The summed E-state index contributed by atoms with van der Waals surface area (Å²) in [7, 11) is 3.70. The number of aromatic nitrogens is 1. The minimum atomic E-state index is -0.475. The molecule has 0 bridgehead atoms. The Bertz CT molecular complexity index is 740. The highest BCUT2D eigenvalue weighted by Gasteiger charge is 2.31. The van der Waals surface area contributed by atoms with E-state index in [-0.39, 0.29) is 6.09 Å². The summed E-state index contributed by atoms with van der Waals surface area (Å²) < 4.78 is 12.9. The van der Waals surface area contributed by atoms with Crippen LogP contribution >= 0.6 is 0 Å². The molecule has 0 radical (unpaired) electrons. The van der Waals surface area contributed by atoms with Crippen molar-refractivity contribution in [1.29, 1.82) is 0 Å². The number of ether oxygens (including phenoxy) is 2. The summed E-state index contributed by atoms with van der Waals surface area (Å²) in [5.74, 6) is 0.830. The van der Waals surface area contributed by atoms with Crippen LogP contribution in [0.1, 0.15) is 32.0 Å². The molecule has 5 nitrogen and oxygen atoms in total. The molecule has 1 amide bonds. The lowest BCUT2D eigenvalue weighted by Crippen LogP contribution is -2.33. The van der Waals surface area contributed by atoms with Crippen molar-refractivity contribution in [2.24, 2.45) is 7.05 Å². The van der Waals surface area contributed by atoms with Gasteiger partial charge in [-0.1, -0.05) is 0 Å². The van der Waals surface area contributed by atoms with Crippen molar-refractivity contribution < 1.29 is 14.3 Å². The third kappa shape index (κ3) is 2.40. The van der Waals surface area contributed by atoms with Gasteiger partial charge in [-0.3, -0.25) is 4.90 Å². The maximum atomic E-state index is 12.3. The summed E-state index contributed by atoms with van der Waals surface area (Å²) >= 11 is 0. The van der Waals surface area contributed by atoms with E-state index in [0.29, 0.717) is 13.1 Å². The number of methoxy groups -OCH3 is 1. The zero-order chi connectivity index (χ0) is 16.1. The van der Waals surface area contributed by atoms with Crippen molar-refractivity contribution in [3.05, 3.63) is 29.5 Å². The largest absolute Gasteiger partial charge is 0.497 e. The molecule has 0 spiro atoms. The number of amides is 1. The average molecular weight is 302 g/mol. The first kappa shape index (κ1) is 14.8. The van der Waals surface area contributed by atoms with Crippen molar-refractivity contribution in [3.63, 3.8) is 0 Å². The Morgan fingerprint density at radius 3 is 2.59 bits per heavy atom. The predicted molar refractivity (Wildman–Crippen MR) is 85.0 cm³/mol. The Morgan fingerprint density at radius 2 is 1.95 bits per heavy atom. The van der Waals surface area contributed by atoms with Crippen molar-refractivity contribution in [1.82, 2.24) is 9.47 Å². The number of rotatable bonds is 1. The van der Waals surface area contributed by atoms with Gasteiger partial charge in [0.1, 0.15) is 11.4 Å². The molecule has 3 rings (SSSR count). The van der Waals surface area contributed by atoms with E-state index >= 15 is 0 Å². The van der Waals surface area contributed by atoms with Crippen LogP contribution in [0.2, 0.25) is 0 Å². The van der Waals surface area contributed by atoms with Crippen molar-refractivity contribution >= 4 is 17.0 Å². The molecule has 0 unspecified atom stereocenters. The van der Waals surface area contributed by atoms with E-state index in [0.717, 1.165) is 22.3 Å². The van der Waals surface area contributed by atoms with E-state index in [1.54, 1.807) is 12.0 Å². The molecule has 0 atom stereocenters. The molecular formula is C17H22N2O3. The van der Waals surface area contributed by atoms with Crippen LogP contribution in [0.3, 0.4) is 0 Å². The van der Waals surface area contributed by atoms with E-state index in [2.05, 4.69) is 10.6 Å². The molecule has 1 aromatic carbocycles. The maximum absolute atomic E-state index is 12.3. The van der Waals surface area contributed by atoms with E-state index < -0.39 is 5.60 Å². The maximum Gasteiger partial charge on any atom is 0.410 e. The van der Waals surface area contributed by atoms with Crippen molar-refractivity contribution in [3.8, 4) is 5.75 Å². The number of nitrogens with zero attached hydrogens (tertiary/aromatic N) is 2. The molecule has 1 aliphatic rings. The molecule has 0 saturated carbocycles. The number of hydrogen-bond acceptors (Lipinski definition) is 3. The van der Waals surface area contributed by atoms with Crippen molar-refractivity contribution in [2.75, 3.05) is 7.11 Å². The first-order valence-electron chi connectivity index (χ1n) is 7.42. The minimum Gasteiger partial charge on any atom is -0.497 e. The van der Waals surface area contributed by atoms with Gasteiger partial charge >= 0.3 is 6.09 Å². The quantitative estimate of drug-likeness (QED) is 0.810. The number of aryl methyl sites for hydroxylation is 1. The van der Waals surface area contributed by atoms with Crippen LogP contribution in [0, 0.1) is 0 Å². The lowest BCUT2D eigenvalue weighted by molar-refractivity contribution is 0.0240. The first-order valence-corrected chi connectivity index (χ1v) is 7.42. The summed E-state index contributed by atoms with van der Waals surface area (Å²) in [6.07, 6.45) is -0.264. The molecule has 0 aliphatic carbocycles. The predicted octanol–water partition coefficient (Wildman–Crippen LogP) is 3.44. The van der Waals surface area contributed by atoms with E-state index in [9.17, 15) is 4.79 Å². The molecule has 5 heteroatoms. The zero-order valence-corrected chi connectivity index (χ0v) is 13.8. The van der Waals surface area contributed by atoms with Gasteiger partial charge in [0.2, 0.25) is 0 Å². The third-order valence-electron chi connectivity index (χ3n) is 3.98. The van der Waals surface area contributed by atoms with Gasteiger partial charge in [-0.05, 0) is 39.0 Å². The number of carbonyl (C=O) groups is 1. The molecule has 22 heavy (non-hydrogen) atoms. The third-order valence-corrected chi connectivity index (χ3v) is 3.98. The standard InChI is InChI=1S/C17H22N2O3/c1-17(2,3)22-16(20)19-9-13-12-8-11(21-5)6-7-14(12)18(4)15(13)10-19/h6-8H,9-10H2,1-5H3. The van der Waals surface area contributed by atoms with E-state index in [1.807, 2.05) is 40.0 Å². The number of fused-ring (bicyclic) bond motifs is 3. The van der Waals surface area contributed by atoms with Crippen LogP contribution in [-0.2, 0) is 24.9 Å². The lowest BCUT2D eigenvalue weighted by Gasteiger charge is -2.24. The van der Waals surface area contributed by atoms with Crippen LogP contribution in [0.5, 0.6) is 5.75 Å². The van der Waals surface area contributed by atoms with E-state index in [4.69, 9.17) is 9.47 Å². The van der Waals surface area contributed by atoms with Gasteiger partial charge in [0, 0.05) is 29.2 Å². The Labute approximate surface area is 130 Å². The van der Waals surface area contributed by atoms with Crippen LogP contribution < -0.4 is 4.74 Å². The van der Waals surface area contributed by atoms with Gasteiger partial charge in [-0.25, -0.2) is 4.79 Å². The van der Waals surface area contributed by atoms with Crippen LogP contribution in [0.4, 0.5) is 4.79 Å². The normalized spacial score (nSPS) is 14.3. The molecule has 2 aromatic rings. The fourth-order valence-electron chi connectivity index (χ4n) is 2.94. The summed E-state index contributed by atoms with van der Waals surface area (Å²) in [4.78, 5) is 14.0. The number of benzene rings is 1. The van der Waals surface area contributed by atoms with Gasteiger partial charge in [-0.2, -0.15) is 0 Å². The van der Waals surface area contributed by atoms with Gasteiger partial charge in [0.05, 0.1) is 20.2 Å². The molecule has 0 N–H and O–H groups in total. The van der Waals surface area contributed by atoms with Crippen LogP contribution in [0.15, 0.2) is 18.2 Å². The molecule has 118 valence electrons. The second-order valence-electron chi connectivity index (χ2n) is 6.70. The Kier molecular flexibility index (Phi) is 3.31. The van der Waals surface area contributed by atoms with Crippen LogP contribution in [-0.4, -0.2) is 28.3 Å². The molecule has 2 heterocycles. The van der Waals surface area contributed by atoms with Gasteiger partial charge in [0.25, 0.3) is 0 Å². The monoisotopic (exact) mass is 302 g/mol. The SMILES string of the molecule is COc1ccc2c(c1)c1c(n2C)CN(C(=O)OC(C)(C)C)C1. The Hall–Kier alpha value is -2.17. The van der Waals surface area contributed by atoms with Crippen molar-refractivity contribution in [2.45, 2.75) is 39.5 Å². The highest BCUT2D eigenvalue weighted by atomic mass is 16.6. The highest BCUT2D eigenvalue weighted by molar-refractivity contribution is 5.88. The summed E-state index contributed by atoms with van der Waals surface area (Å²) in [6.45, 7) is 6.81. The van der Waals surface area contributed by atoms with Gasteiger partial charge in [0.15, 0.2) is 0 Å². The van der Waals surface area contributed by atoms with Gasteiger partial charge in [-0.15, -0.1) is 0 Å². The van der Waals surface area contributed by atoms with Crippen LogP contribution in [0.25, 0.3) is 10.9 Å². The first-order chi connectivity index (χ1) is 10.3. The Morgan fingerprint density at radius 1 is 1.23 bits per heavy atom. The second-order valence-corrected chi connectivity index (χ2v) is 6.70. The topological polar surface area (TPSA) is 43.7 Å². The second kappa shape index (κ2) is 4.93. The molecule has 0 saturated heterocycles. The van der Waals surface area contributed by atoms with E-state index in [1.165, 1.54) is 5.56 Å². The minimum absolute atomic E-state index is 0.264. The number of hydrogen-bond donors (Lipinski definition) is 0. The Balaban J connectivity index is 1.93. The fourth-order valence-corrected chi connectivity index (χ4v) is 2.94. The molecular weight excluding hydrogens is 280 g/mol. The molecule has 0 fully saturated rings. The smallest absolute Gasteiger partial charge is 0.410 e. The highest BCUT2D eigenvalue weighted by Crippen LogP contribution is 2.35. The number of carbonyl (C=O) groups excluding carboxylic acids is 1. The fraction of sp³-hybridized carbons (Fsp3) is 0.471. The molecule has 1 aliphatic heterocycles. The summed E-state index contributed by atoms with van der Waals surface area (Å²) in [6, 6.07) is 6.06.